The Hall–Kier alpha value is -1.10. The van der Waals surface area contributed by atoms with E-state index >= 15 is 0 Å². The number of hydrogen-bond acceptors (Lipinski definition) is 3. The van der Waals surface area contributed by atoms with Gasteiger partial charge in [-0.2, -0.15) is 0 Å². The topological polar surface area (TPSA) is 55.6 Å². The maximum Gasteiger partial charge on any atom is 0.240 e. The van der Waals surface area contributed by atoms with Crippen LogP contribution in [0, 0.1) is 5.92 Å². The summed E-state index contributed by atoms with van der Waals surface area (Å²) in [6.45, 7) is 2.86. The molecule has 20 heavy (non-hydrogen) atoms. The van der Waals surface area contributed by atoms with E-state index in [-0.39, 0.29) is 30.3 Å². The first-order valence-electron chi connectivity index (χ1n) is 6.94. The lowest BCUT2D eigenvalue weighted by Crippen LogP contribution is -2.47. The van der Waals surface area contributed by atoms with Gasteiger partial charge < -0.3 is 15.4 Å². The van der Waals surface area contributed by atoms with Crippen molar-refractivity contribution in [1.29, 1.82) is 0 Å². The fourth-order valence-corrected chi connectivity index (χ4v) is 2.98. The molecule has 0 aliphatic carbocycles. The summed E-state index contributed by atoms with van der Waals surface area (Å²) in [5.41, 5.74) is 8.65. The number of halogens is 1. The molecule has 3 rings (SSSR count). The predicted octanol–water partition coefficient (Wildman–Crippen LogP) is 1.70. The molecular formula is C15H21ClN2O2. The van der Waals surface area contributed by atoms with E-state index in [4.69, 9.17) is 10.5 Å². The summed E-state index contributed by atoms with van der Waals surface area (Å²) in [6, 6.07) is 7.83. The molecule has 110 valence electrons. The quantitative estimate of drug-likeness (QED) is 0.904. The SMILES string of the molecule is Cl.NC(C(=O)N1Cc2ccccc2C1)C1CCOCC1. The number of carbonyl (C=O) groups is 1. The van der Waals surface area contributed by atoms with Crippen molar-refractivity contribution in [2.24, 2.45) is 11.7 Å². The van der Waals surface area contributed by atoms with Crippen molar-refractivity contribution in [3.63, 3.8) is 0 Å². The zero-order valence-corrected chi connectivity index (χ0v) is 12.3. The molecule has 1 amide bonds. The van der Waals surface area contributed by atoms with Crippen molar-refractivity contribution in [3.05, 3.63) is 35.4 Å². The minimum atomic E-state index is -0.377. The molecule has 0 aromatic heterocycles. The third-order valence-corrected chi connectivity index (χ3v) is 4.21. The van der Waals surface area contributed by atoms with Gasteiger partial charge in [-0.05, 0) is 29.9 Å². The van der Waals surface area contributed by atoms with E-state index in [1.54, 1.807) is 0 Å². The Morgan fingerprint density at radius 3 is 2.30 bits per heavy atom. The molecule has 0 spiro atoms. The molecule has 1 aromatic carbocycles. The molecular weight excluding hydrogens is 276 g/mol. The molecule has 4 nitrogen and oxygen atoms in total. The minimum absolute atomic E-state index is 0. The third kappa shape index (κ3) is 2.97. The number of fused-ring (bicyclic) bond motifs is 1. The number of carbonyl (C=O) groups excluding carboxylic acids is 1. The van der Waals surface area contributed by atoms with Gasteiger partial charge in [0.2, 0.25) is 5.91 Å². The lowest BCUT2D eigenvalue weighted by molar-refractivity contribution is -0.135. The van der Waals surface area contributed by atoms with E-state index in [9.17, 15) is 4.79 Å². The second-order valence-corrected chi connectivity index (χ2v) is 5.44. The number of nitrogens with two attached hydrogens (primary N) is 1. The van der Waals surface area contributed by atoms with Gasteiger partial charge in [0.25, 0.3) is 0 Å². The van der Waals surface area contributed by atoms with Crippen LogP contribution in [0.3, 0.4) is 0 Å². The molecule has 0 radical (unpaired) electrons. The standard InChI is InChI=1S/C15H20N2O2.ClH/c16-14(11-5-7-19-8-6-11)15(18)17-9-12-3-1-2-4-13(12)10-17;/h1-4,11,14H,5-10,16H2;1H. The number of nitrogens with zero attached hydrogens (tertiary/aromatic N) is 1. The molecule has 2 aliphatic heterocycles. The van der Waals surface area contributed by atoms with E-state index in [1.807, 2.05) is 17.0 Å². The highest BCUT2D eigenvalue weighted by Crippen LogP contribution is 2.25. The summed E-state index contributed by atoms with van der Waals surface area (Å²) in [5, 5.41) is 0. The summed E-state index contributed by atoms with van der Waals surface area (Å²) < 4.78 is 5.33. The second kappa shape index (κ2) is 6.57. The van der Waals surface area contributed by atoms with Gasteiger partial charge in [-0.15, -0.1) is 12.4 Å². The molecule has 0 bridgehead atoms. The monoisotopic (exact) mass is 296 g/mol. The van der Waals surface area contributed by atoms with E-state index in [1.165, 1.54) is 11.1 Å². The summed E-state index contributed by atoms with van der Waals surface area (Å²) in [7, 11) is 0. The molecule has 5 heteroatoms. The van der Waals surface area contributed by atoms with E-state index in [2.05, 4.69) is 12.1 Å². The highest BCUT2D eigenvalue weighted by molar-refractivity contribution is 5.85. The third-order valence-electron chi connectivity index (χ3n) is 4.21. The van der Waals surface area contributed by atoms with E-state index in [0.29, 0.717) is 13.1 Å². The second-order valence-electron chi connectivity index (χ2n) is 5.44. The maximum atomic E-state index is 12.5. The Kier molecular flexibility index (Phi) is 5.02. The highest BCUT2D eigenvalue weighted by atomic mass is 35.5. The van der Waals surface area contributed by atoms with Crippen LogP contribution in [0.15, 0.2) is 24.3 Å². The smallest absolute Gasteiger partial charge is 0.240 e. The van der Waals surface area contributed by atoms with Crippen molar-refractivity contribution in [1.82, 2.24) is 4.90 Å². The zero-order chi connectivity index (χ0) is 13.2. The van der Waals surface area contributed by atoms with Crippen LogP contribution in [-0.2, 0) is 22.6 Å². The summed E-state index contributed by atoms with van der Waals surface area (Å²) in [4.78, 5) is 14.4. The van der Waals surface area contributed by atoms with Gasteiger partial charge in [-0.1, -0.05) is 24.3 Å². The number of ether oxygens (including phenoxy) is 1. The highest BCUT2D eigenvalue weighted by Gasteiger charge is 2.32. The summed E-state index contributed by atoms with van der Waals surface area (Å²) in [6.07, 6.45) is 1.79. The van der Waals surface area contributed by atoms with Crippen LogP contribution in [-0.4, -0.2) is 30.1 Å². The number of hydrogen-bond donors (Lipinski definition) is 1. The van der Waals surface area contributed by atoms with Crippen LogP contribution in [0.1, 0.15) is 24.0 Å². The Bertz CT molecular complexity index is 450. The van der Waals surface area contributed by atoms with Crippen LogP contribution in [0.25, 0.3) is 0 Å². The van der Waals surface area contributed by atoms with Crippen LogP contribution >= 0.6 is 12.4 Å². The predicted molar refractivity (Wildman–Crippen MR) is 79.5 cm³/mol. The normalized spacial score (nSPS) is 20.1. The molecule has 0 saturated carbocycles. The molecule has 1 atom stereocenters. The first-order chi connectivity index (χ1) is 9.25. The van der Waals surface area contributed by atoms with Gasteiger partial charge in [0, 0.05) is 26.3 Å². The molecule has 2 heterocycles. The summed E-state index contributed by atoms with van der Waals surface area (Å²) in [5.74, 6) is 0.355. The van der Waals surface area contributed by atoms with Gasteiger partial charge in [0.1, 0.15) is 0 Å². The fourth-order valence-electron chi connectivity index (χ4n) is 2.98. The van der Waals surface area contributed by atoms with E-state index in [0.717, 1.165) is 26.1 Å². The first-order valence-corrected chi connectivity index (χ1v) is 6.94. The molecule has 1 aromatic rings. The van der Waals surface area contributed by atoms with Crippen LogP contribution in [0.4, 0.5) is 0 Å². The van der Waals surface area contributed by atoms with Gasteiger partial charge in [0.15, 0.2) is 0 Å². The first kappa shape index (κ1) is 15.3. The lowest BCUT2D eigenvalue weighted by atomic mass is 9.91. The molecule has 2 N–H and O–H groups in total. The fraction of sp³-hybridized carbons (Fsp3) is 0.533. The van der Waals surface area contributed by atoms with Crippen LogP contribution in [0.2, 0.25) is 0 Å². The van der Waals surface area contributed by atoms with Crippen molar-refractivity contribution >= 4 is 18.3 Å². The van der Waals surface area contributed by atoms with Gasteiger partial charge in [0.05, 0.1) is 6.04 Å². The largest absolute Gasteiger partial charge is 0.381 e. The molecule has 1 unspecified atom stereocenters. The van der Waals surface area contributed by atoms with E-state index < -0.39 is 0 Å². The Balaban J connectivity index is 0.00000147. The van der Waals surface area contributed by atoms with Gasteiger partial charge in [-0.3, -0.25) is 4.79 Å². The molecule has 2 aliphatic rings. The number of rotatable bonds is 2. The number of amides is 1. The summed E-state index contributed by atoms with van der Waals surface area (Å²) >= 11 is 0. The Morgan fingerprint density at radius 1 is 1.20 bits per heavy atom. The molecule has 1 saturated heterocycles. The average molecular weight is 297 g/mol. The lowest BCUT2D eigenvalue weighted by Gasteiger charge is -2.29. The van der Waals surface area contributed by atoms with Gasteiger partial charge in [-0.25, -0.2) is 0 Å². The number of benzene rings is 1. The van der Waals surface area contributed by atoms with Crippen molar-refractivity contribution in [2.45, 2.75) is 32.0 Å². The molecule has 1 fully saturated rings. The van der Waals surface area contributed by atoms with Crippen molar-refractivity contribution in [2.75, 3.05) is 13.2 Å². The Labute approximate surface area is 125 Å². The van der Waals surface area contributed by atoms with Crippen LogP contribution in [0.5, 0.6) is 0 Å². The average Bonchev–Trinajstić information content (AvgIpc) is 2.90. The van der Waals surface area contributed by atoms with Crippen molar-refractivity contribution < 1.29 is 9.53 Å². The van der Waals surface area contributed by atoms with Crippen molar-refractivity contribution in [3.8, 4) is 0 Å². The maximum absolute atomic E-state index is 12.5. The zero-order valence-electron chi connectivity index (χ0n) is 11.5. The minimum Gasteiger partial charge on any atom is -0.381 e. The van der Waals surface area contributed by atoms with Gasteiger partial charge >= 0.3 is 0 Å². The Morgan fingerprint density at radius 2 is 1.75 bits per heavy atom. The van der Waals surface area contributed by atoms with Crippen LogP contribution < -0.4 is 5.73 Å².